The van der Waals surface area contributed by atoms with Gasteiger partial charge in [-0.2, -0.15) is 0 Å². The van der Waals surface area contributed by atoms with Gasteiger partial charge in [-0.3, -0.25) is 0 Å². The molecule has 1 unspecified atom stereocenters. The number of rotatable bonds is 5. The van der Waals surface area contributed by atoms with Gasteiger partial charge < -0.3 is 0 Å². The molecular formula is C24H20P2. The Hall–Kier alpha value is -2.26. The summed E-state index contributed by atoms with van der Waals surface area (Å²) in [5.41, 5.74) is 2.65. The highest BCUT2D eigenvalue weighted by Gasteiger charge is 2.16. The molecule has 0 bridgehead atoms. The molecule has 0 aliphatic carbocycles. The Bertz CT molecular complexity index is 911. The van der Waals surface area contributed by atoms with Crippen molar-refractivity contribution in [2.24, 2.45) is 0 Å². The van der Waals surface area contributed by atoms with Crippen LogP contribution in [0.1, 0.15) is 0 Å². The van der Waals surface area contributed by atoms with Crippen molar-refractivity contribution in [1.82, 2.24) is 0 Å². The predicted octanol–water partition coefficient (Wildman–Crippen LogP) is 5.71. The van der Waals surface area contributed by atoms with Gasteiger partial charge in [-0.15, -0.1) is 0 Å². The van der Waals surface area contributed by atoms with E-state index in [-0.39, 0.29) is 0 Å². The SMILES string of the molecule is c1ccc(-c2ccccc2PP(c2ccccc2)c2ccccc2)cc1. The monoisotopic (exact) mass is 370 g/mol. The largest absolute Gasteiger partial charge is 0.0622 e. The van der Waals surface area contributed by atoms with E-state index in [0.717, 1.165) is 8.27 Å². The molecule has 0 aromatic heterocycles. The minimum Gasteiger partial charge on any atom is -0.0622 e. The van der Waals surface area contributed by atoms with E-state index in [4.69, 9.17) is 0 Å². The van der Waals surface area contributed by atoms with E-state index in [1.165, 1.54) is 27.0 Å². The highest BCUT2D eigenvalue weighted by molar-refractivity contribution is 8.31. The van der Waals surface area contributed by atoms with E-state index in [1.807, 2.05) is 0 Å². The molecule has 0 N–H and O–H groups in total. The lowest BCUT2D eigenvalue weighted by molar-refractivity contribution is 1.65. The molecule has 26 heavy (non-hydrogen) atoms. The lowest BCUT2D eigenvalue weighted by Crippen LogP contribution is -2.11. The molecule has 0 aliphatic rings. The fraction of sp³-hybridized carbons (Fsp3) is 0. The number of hydrogen-bond acceptors (Lipinski definition) is 0. The van der Waals surface area contributed by atoms with Crippen LogP contribution in [-0.2, 0) is 0 Å². The molecule has 2 heteroatoms. The topological polar surface area (TPSA) is 0 Å². The Morgan fingerprint density at radius 1 is 0.462 bits per heavy atom. The number of benzene rings is 4. The molecule has 0 radical (unpaired) electrons. The summed E-state index contributed by atoms with van der Waals surface area (Å²) < 4.78 is 0. The van der Waals surface area contributed by atoms with Crippen LogP contribution in [0.25, 0.3) is 11.1 Å². The van der Waals surface area contributed by atoms with Crippen LogP contribution in [0.15, 0.2) is 115 Å². The third-order valence-electron chi connectivity index (χ3n) is 4.27. The molecule has 0 aliphatic heterocycles. The molecule has 0 saturated carbocycles. The van der Waals surface area contributed by atoms with Crippen molar-refractivity contribution in [3.05, 3.63) is 115 Å². The average molecular weight is 370 g/mol. The Labute approximate surface area is 158 Å². The molecule has 4 aromatic rings. The van der Waals surface area contributed by atoms with Gasteiger partial charge in [0.15, 0.2) is 0 Å². The van der Waals surface area contributed by atoms with Crippen LogP contribution >= 0.6 is 15.9 Å². The molecule has 0 fully saturated rings. The minimum atomic E-state index is -0.406. The van der Waals surface area contributed by atoms with Crippen molar-refractivity contribution >= 4 is 31.8 Å². The van der Waals surface area contributed by atoms with Crippen LogP contribution in [0, 0.1) is 0 Å². The second-order valence-electron chi connectivity index (χ2n) is 6.03. The lowest BCUT2D eigenvalue weighted by Gasteiger charge is -2.20. The molecule has 1 atom stereocenters. The standard InChI is InChI=1S/C24H20P2/c1-4-12-20(13-5-1)23-18-10-11-19-24(23)25-26(21-14-6-2-7-15-21)22-16-8-3-9-17-22/h1-19,25H. The smallest absolute Gasteiger partial charge is 0.0106 e. The molecule has 0 heterocycles. The third kappa shape index (κ3) is 3.94. The molecule has 126 valence electrons. The zero-order chi connectivity index (χ0) is 17.6. The van der Waals surface area contributed by atoms with Gasteiger partial charge in [0.05, 0.1) is 0 Å². The zero-order valence-electron chi connectivity index (χ0n) is 14.4. The summed E-state index contributed by atoms with van der Waals surface area (Å²) in [6, 6.07) is 41.5. The maximum atomic E-state index is 2.29. The quantitative estimate of drug-likeness (QED) is 0.395. The van der Waals surface area contributed by atoms with Gasteiger partial charge in [-0.1, -0.05) is 124 Å². The minimum absolute atomic E-state index is 0.406. The van der Waals surface area contributed by atoms with Crippen LogP contribution in [0.2, 0.25) is 0 Å². The Morgan fingerprint density at radius 2 is 0.923 bits per heavy atom. The molecule has 0 nitrogen and oxygen atoms in total. The molecule has 0 spiro atoms. The molecular weight excluding hydrogens is 350 g/mol. The van der Waals surface area contributed by atoms with Gasteiger partial charge >= 0.3 is 0 Å². The molecule has 4 aromatic carbocycles. The summed E-state index contributed by atoms with van der Waals surface area (Å²) in [7, 11) is 0.334. The van der Waals surface area contributed by atoms with E-state index in [1.54, 1.807) is 0 Å². The second kappa shape index (κ2) is 8.41. The van der Waals surface area contributed by atoms with E-state index in [0.29, 0.717) is 0 Å². The van der Waals surface area contributed by atoms with Crippen molar-refractivity contribution < 1.29 is 0 Å². The van der Waals surface area contributed by atoms with Crippen molar-refractivity contribution in [3.63, 3.8) is 0 Å². The van der Waals surface area contributed by atoms with Gasteiger partial charge in [-0.05, 0) is 34.7 Å². The molecule has 0 amide bonds. The predicted molar refractivity (Wildman–Crippen MR) is 119 cm³/mol. The second-order valence-corrected chi connectivity index (χ2v) is 10.5. The van der Waals surface area contributed by atoms with E-state index in [2.05, 4.69) is 115 Å². The molecule has 4 rings (SSSR count). The van der Waals surface area contributed by atoms with Crippen molar-refractivity contribution in [1.29, 1.82) is 0 Å². The van der Waals surface area contributed by atoms with Gasteiger partial charge in [0.1, 0.15) is 0 Å². The fourth-order valence-electron chi connectivity index (χ4n) is 3.00. The highest BCUT2D eigenvalue weighted by atomic mass is 32.0. The van der Waals surface area contributed by atoms with Crippen LogP contribution < -0.4 is 15.9 Å². The van der Waals surface area contributed by atoms with Crippen LogP contribution in [-0.4, -0.2) is 0 Å². The van der Waals surface area contributed by atoms with Crippen molar-refractivity contribution in [3.8, 4) is 11.1 Å². The summed E-state index contributed by atoms with van der Waals surface area (Å²) in [4.78, 5) is 0. The van der Waals surface area contributed by atoms with Gasteiger partial charge in [-0.25, -0.2) is 0 Å². The van der Waals surface area contributed by atoms with Crippen molar-refractivity contribution in [2.75, 3.05) is 0 Å². The van der Waals surface area contributed by atoms with Gasteiger partial charge in [0.25, 0.3) is 0 Å². The van der Waals surface area contributed by atoms with E-state index >= 15 is 0 Å². The van der Waals surface area contributed by atoms with E-state index in [9.17, 15) is 0 Å². The van der Waals surface area contributed by atoms with Gasteiger partial charge in [0.2, 0.25) is 0 Å². The maximum absolute atomic E-state index is 2.29. The first kappa shape index (κ1) is 17.2. The summed E-state index contributed by atoms with van der Waals surface area (Å²) in [5.74, 6) is 0. The summed E-state index contributed by atoms with van der Waals surface area (Å²) in [6.07, 6.45) is 0. The fourth-order valence-corrected chi connectivity index (χ4v) is 8.24. The van der Waals surface area contributed by atoms with Crippen molar-refractivity contribution in [2.45, 2.75) is 0 Å². The van der Waals surface area contributed by atoms with Crippen LogP contribution in [0.3, 0.4) is 0 Å². The Balaban J connectivity index is 1.76. The first-order valence-electron chi connectivity index (χ1n) is 8.73. The van der Waals surface area contributed by atoms with Crippen LogP contribution in [0.5, 0.6) is 0 Å². The maximum Gasteiger partial charge on any atom is -0.0106 e. The third-order valence-corrected chi connectivity index (χ3v) is 9.75. The summed E-state index contributed by atoms with van der Waals surface area (Å²) in [6.45, 7) is 0. The Morgan fingerprint density at radius 3 is 1.50 bits per heavy atom. The Kier molecular flexibility index (Phi) is 5.56. The summed E-state index contributed by atoms with van der Waals surface area (Å²) >= 11 is 0. The van der Waals surface area contributed by atoms with E-state index < -0.39 is 7.61 Å². The normalized spacial score (nSPS) is 11.3. The highest BCUT2D eigenvalue weighted by Crippen LogP contribution is 2.53. The zero-order valence-corrected chi connectivity index (χ0v) is 16.3. The van der Waals surface area contributed by atoms with Crippen LogP contribution in [0.4, 0.5) is 0 Å². The summed E-state index contributed by atoms with van der Waals surface area (Å²) in [5, 5.41) is 4.32. The molecule has 0 saturated heterocycles. The average Bonchev–Trinajstić information content (AvgIpc) is 2.74. The first-order valence-corrected chi connectivity index (χ1v) is 11.9. The number of hydrogen-bond donors (Lipinski definition) is 0. The first-order chi connectivity index (χ1) is 12.9. The lowest BCUT2D eigenvalue weighted by atomic mass is 10.1. The van der Waals surface area contributed by atoms with Gasteiger partial charge in [0, 0.05) is 0 Å².